The highest BCUT2D eigenvalue weighted by Gasteiger charge is 2.25. The highest BCUT2D eigenvalue weighted by atomic mass is 16.5. The quantitative estimate of drug-likeness (QED) is 0.858. The fourth-order valence-electron chi connectivity index (χ4n) is 2.77. The summed E-state index contributed by atoms with van der Waals surface area (Å²) in [6.07, 6.45) is 2.05. The van der Waals surface area contributed by atoms with Gasteiger partial charge in [0.2, 0.25) is 5.91 Å². The van der Waals surface area contributed by atoms with Gasteiger partial charge < -0.3 is 14.6 Å². The summed E-state index contributed by atoms with van der Waals surface area (Å²) in [5.41, 5.74) is -0.165. The molecule has 3 atom stereocenters. The molecule has 1 aromatic heterocycles. The minimum absolute atomic E-state index is 0.0578. The highest BCUT2D eigenvalue weighted by molar-refractivity contribution is 5.75. The van der Waals surface area contributed by atoms with E-state index in [0.717, 1.165) is 13.1 Å². The SMILES string of the molecule is C[C@@H]1CN([C@@H](C)CNC(=O)Cn2ccccc2=O)C[C@@H](C)O1. The maximum atomic E-state index is 12.0. The van der Waals surface area contributed by atoms with E-state index in [2.05, 4.69) is 31.0 Å². The van der Waals surface area contributed by atoms with Crippen LogP contribution in [0.1, 0.15) is 20.8 Å². The Bertz CT molecular complexity index is 548. The molecule has 1 fully saturated rings. The van der Waals surface area contributed by atoms with Crippen LogP contribution in [0.3, 0.4) is 0 Å². The predicted octanol–water partition coefficient (Wildman–Crippen LogP) is 0.462. The fraction of sp³-hybridized carbons (Fsp3) is 0.625. The van der Waals surface area contributed by atoms with Gasteiger partial charge in [-0.2, -0.15) is 0 Å². The molecule has 0 spiro atoms. The number of carbonyl (C=O) groups excluding carboxylic acids is 1. The van der Waals surface area contributed by atoms with Crippen molar-refractivity contribution in [2.75, 3.05) is 19.6 Å². The lowest BCUT2D eigenvalue weighted by atomic mass is 10.1. The summed E-state index contributed by atoms with van der Waals surface area (Å²) in [4.78, 5) is 25.9. The first-order chi connectivity index (χ1) is 10.5. The zero-order valence-corrected chi connectivity index (χ0v) is 13.5. The Labute approximate surface area is 131 Å². The van der Waals surface area contributed by atoms with Crippen molar-refractivity contribution in [1.29, 1.82) is 0 Å². The van der Waals surface area contributed by atoms with E-state index in [1.165, 1.54) is 10.6 Å². The van der Waals surface area contributed by atoms with Crippen molar-refractivity contribution in [2.24, 2.45) is 0 Å². The van der Waals surface area contributed by atoms with Gasteiger partial charge in [-0.3, -0.25) is 14.5 Å². The van der Waals surface area contributed by atoms with Crippen LogP contribution in [-0.4, -0.2) is 53.3 Å². The molecule has 0 aromatic carbocycles. The molecule has 0 bridgehead atoms. The molecule has 1 aliphatic heterocycles. The molecule has 22 heavy (non-hydrogen) atoms. The first kappa shape index (κ1) is 16.7. The summed E-state index contributed by atoms with van der Waals surface area (Å²) in [5, 5.41) is 2.90. The molecule has 1 aromatic rings. The summed E-state index contributed by atoms with van der Waals surface area (Å²) in [6, 6.07) is 5.10. The van der Waals surface area contributed by atoms with Gasteiger partial charge in [-0.25, -0.2) is 0 Å². The van der Waals surface area contributed by atoms with Crippen molar-refractivity contribution < 1.29 is 9.53 Å². The Morgan fingerprint density at radius 2 is 2.05 bits per heavy atom. The number of amides is 1. The lowest BCUT2D eigenvalue weighted by Gasteiger charge is -2.39. The van der Waals surface area contributed by atoms with Gasteiger partial charge >= 0.3 is 0 Å². The van der Waals surface area contributed by atoms with Gasteiger partial charge in [0.05, 0.1) is 12.2 Å². The average Bonchev–Trinajstić information content (AvgIpc) is 2.46. The predicted molar refractivity (Wildman–Crippen MR) is 84.8 cm³/mol. The molecule has 6 nitrogen and oxygen atoms in total. The van der Waals surface area contributed by atoms with Crippen molar-refractivity contribution >= 4 is 5.91 Å². The van der Waals surface area contributed by atoms with E-state index >= 15 is 0 Å². The summed E-state index contributed by atoms with van der Waals surface area (Å²) in [5.74, 6) is -0.144. The third kappa shape index (κ3) is 4.68. The van der Waals surface area contributed by atoms with Crippen LogP contribution < -0.4 is 10.9 Å². The molecule has 6 heteroatoms. The second kappa shape index (κ2) is 7.56. The second-order valence-corrected chi connectivity index (χ2v) is 6.03. The minimum atomic E-state index is -0.165. The number of rotatable bonds is 5. The van der Waals surface area contributed by atoms with Gasteiger partial charge in [-0.1, -0.05) is 6.07 Å². The molecular formula is C16H25N3O3. The monoisotopic (exact) mass is 307 g/mol. The average molecular weight is 307 g/mol. The van der Waals surface area contributed by atoms with Gasteiger partial charge in [0, 0.05) is 37.9 Å². The maximum Gasteiger partial charge on any atom is 0.250 e. The van der Waals surface area contributed by atoms with Gasteiger partial charge in [0.15, 0.2) is 0 Å². The Balaban J connectivity index is 1.80. The lowest BCUT2D eigenvalue weighted by molar-refractivity contribution is -0.122. The lowest BCUT2D eigenvalue weighted by Crippen LogP contribution is -2.52. The fourth-order valence-corrected chi connectivity index (χ4v) is 2.77. The number of pyridine rings is 1. The standard InChI is InChI=1S/C16H25N3O3/c1-12(19-9-13(2)22-14(3)10-19)8-17-15(20)11-18-7-5-4-6-16(18)21/h4-7,12-14H,8-11H2,1-3H3,(H,17,20)/t12-,13+,14+/m0/s1. The summed E-state index contributed by atoms with van der Waals surface area (Å²) in [6.45, 7) is 8.60. The number of ether oxygens (including phenoxy) is 1. The van der Waals surface area contributed by atoms with Gasteiger partial charge in [-0.05, 0) is 26.8 Å². The molecule has 0 saturated carbocycles. The van der Waals surface area contributed by atoms with Crippen molar-refractivity contribution in [3.05, 3.63) is 34.7 Å². The smallest absolute Gasteiger partial charge is 0.250 e. The highest BCUT2D eigenvalue weighted by Crippen LogP contribution is 2.13. The molecule has 0 unspecified atom stereocenters. The third-order valence-electron chi connectivity index (χ3n) is 3.88. The molecule has 2 rings (SSSR count). The minimum Gasteiger partial charge on any atom is -0.373 e. The van der Waals surface area contributed by atoms with E-state index in [0.29, 0.717) is 6.54 Å². The number of hydrogen-bond donors (Lipinski definition) is 1. The first-order valence-corrected chi connectivity index (χ1v) is 7.77. The van der Waals surface area contributed by atoms with E-state index in [4.69, 9.17) is 4.74 Å². The van der Waals surface area contributed by atoms with Crippen LogP contribution in [0, 0.1) is 0 Å². The number of nitrogens with one attached hydrogen (secondary N) is 1. The van der Waals surface area contributed by atoms with Crippen molar-refractivity contribution in [2.45, 2.75) is 45.6 Å². The molecule has 0 radical (unpaired) electrons. The number of hydrogen-bond acceptors (Lipinski definition) is 4. The molecule has 1 saturated heterocycles. The second-order valence-electron chi connectivity index (χ2n) is 6.03. The number of aromatic nitrogens is 1. The third-order valence-corrected chi connectivity index (χ3v) is 3.88. The topological polar surface area (TPSA) is 63.6 Å². The van der Waals surface area contributed by atoms with Crippen molar-refractivity contribution in [3.8, 4) is 0 Å². The van der Waals surface area contributed by atoms with Crippen LogP contribution in [0.2, 0.25) is 0 Å². The molecule has 1 aliphatic rings. The Hall–Kier alpha value is -1.66. The number of carbonyl (C=O) groups is 1. The van der Waals surface area contributed by atoms with Crippen molar-refractivity contribution in [3.63, 3.8) is 0 Å². The van der Waals surface area contributed by atoms with E-state index in [9.17, 15) is 9.59 Å². The van der Waals surface area contributed by atoms with E-state index in [-0.39, 0.29) is 36.3 Å². The largest absolute Gasteiger partial charge is 0.373 e. The van der Waals surface area contributed by atoms with Gasteiger partial charge in [0.25, 0.3) is 5.56 Å². The van der Waals surface area contributed by atoms with E-state index in [1.807, 2.05) is 0 Å². The Morgan fingerprint density at radius 3 is 2.68 bits per heavy atom. The van der Waals surface area contributed by atoms with Gasteiger partial charge in [-0.15, -0.1) is 0 Å². The van der Waals surface area contributed by atoms with Crippen LogP contribution >= 0.6 is 0 Å². The normalized spacial score (nSPS) is 24.0. The molecule has 1 N–H and O–H groups in total. The van der Waals surface area contributed by atoms with E-state index in [1.54, 1.807) is 18.3 Å². The summed E-state index contributed by atoms with van der Waals surface area (Å²) < 4.78 is 7.12. The van der Waals surface area contributed by atoms with Crippen LogP contribution in [-0.2, 0) is 16.1 Å². The first-order valence-electron chi connectivity index (χ1n) is 7.77. The molecule has 2 heterocycles. The Morgan fingerprint density at radius 1 is 1.36 bits per heavy atom. The zero-order valence-electron chi connectivity index (χ0n) is 13.5. The van der Waals surface area contributed by atoms with Crippen molar-refractivity contribution in [1.82, 2.24) is 14.8 Å². The molecular weight excluding hydrogens is 282 g/mol. The van der Waals surface area contributed by atoms with Crippen LogP contribution in [0.25, 0.3) is 0 Å². The number of morpholine rings is 1. The van der Waals surface area contributed by atoms with Crippen LogP contribution in [0.5, 0.6) is 0 Å². The molecule has 1 amide bonds. The number of nitrogens with zero attached hydrogens (tertiary/aromatic N) is 2. The molecule has 122 valence electrons. The summed E-state index contributed by atoms with van der Waals surface area (Å²) in [7, 11) is 0. The van der Waals surface area contributed by atoms with Gasteiger partial charge in [0.1, 0.15) is 6.54 Å². The molecule has 0 aliphatic carbocycles. The van der Waals surface area contributed by atoms with Crippen LogP contribution in [0.4, 0.5) is 0 Å². The van der Waals surface area contributed by atoms with Crippen LogP contribution in [0.15, 0.2) is 29.2 Å². The Kier molecular flexibility index (Phi) is 5.74. The zero-order chi connectivity index (χ0) is 16.1. The van der Waals surface area contributed by atoms with E-state index < -0.39 is 0 Å². The maximum absolute atomic E-state index is 12.0. The summed E-state index contributed by atoms with van der Waals surface area (Å²) >= 11 is 0.